The van der Waals surface area contributed by atoms with E-state index in [1.807, 2.05) is 0 Å². The molecular weight excluding hydrogens is 111 g/mol. The van der Waals surface area contributed by atoms with Gasteiger partial charge in [0.1, 0.15) is 0 Å². The zero-order valence-corrected chi connectivity index (χ0v) is 6.18. The third kappa shape index (κ3) is 1.35. The highest BCUT2D eigenvalue weighted by Crippen LogP contribution is 2.30. The van der Waals surface area contributed by atoms with E-state index < -0.39 is 0 Å². The molecule has 50 valence electrons. The number of rotatable bonds is 1. The molecule has 0 aromatic rings. The van der Waals surface area contributed by atoms with Gasteiger partial charge >= 0.3 is 0 Å². The van der Waals surface area contributed by atoms with Crippen LogP contribution in [0.3, 0.4) is 0 Å². The van der Waals surface area contributed by atoms with Crippen LogP contribution in [0, 0.1) is 11.8 Å². The Bertz CT molecular complexity index is 122. The molecular formula is C7H13BO. The normalized spacial score (nSPS) is 34.8. The zero-order valence-electron chi connectivity index (χ0n) is 6.18. The van der Waals surface area contributed by atoms with Gasteiger partial charge in [0, 0.05) is 5.92 Å². The third-order valence-electron chi connectivity index (χ3n) is 2.38. The maximum Gasteiger partial charge on any atom is 0.187 e. The van der Waals surface area contributed by atoms with Crippen LogP contribution in [0.4, 0.5) is 0 Å². The zero-order chi connectivity index (χ0) is 6.85. The molecule has 0 amide bonds. The van der Waals surface area contributed by atoms with Gasteiger partial charge in [-0.1, -0.05) is 19.8 Å². The highest BCUT2D eigenvalue weighted by Gasteiger charge is 2.25. The van der Waals surface area contributed by atoms with Crippen LogP contribution < -0.4 is 0 Å². The van der Waals surface area contributed by atoms with Crippen molar-refractivity contribution in [1.29, 1.82) is 0 Å². The van der Waals surface area contributed by atoms with Crippen LogP contribution >= 0.6 is 0 Å². The van der Waals surface area contributed by atoms with Gasteiger partial charge in [0.15, 0.2) is 7.85 Å². The maximum atomic E-state index is 10.9. The Hall–Kier alpha value is -0.265. The lowest BCUT2D eigenvalue weighted by molar-refractivity contribution is -0.115. The molecule has 0 aromatic heterocycles. The number of carbonyl (C=O) groups excluding carboxylic acids is 1. The van der Waals surface area contributed by atoms with E-state index in [-0.39, 0.29) is 0 Å². The van der Waals surface area contributed by atoms with Crippen LogP contribution in [0.2, 0.25) is 0 Å². The summed E-state index contributed by atoms with van der Waals surface area (Å²) >= 11 is 0. The van der Waals surface area contributed by atoms with Gasteiger partial charge in [-0.3, -0.25) is 0 Å². The van der Waals surface area contributed by atoms with Gasteiger partial charge < -0.3 is 4.79 Å². The van der Waals surface area contributed by atoms with E-state index in [0.717, 1.165) is 6.42 Å². The first-order valence-corrected chi connectivity index (χ1v) is 3.72. The summed E-state index contributed by atoms with van der Waals surface area (Å²) in [6, 6.07) is 0. The third-order valence-corrected chi connectivity index (χ3v) is 2.38. The van der Waals surface area contributed by atoms with E-state index in [9.17, 15) is 4.79 Å². The molecule has 0 aromatic carbocycles. The van der Waals surface area contributed by atoms with Crippen molar-refractivity contribution < 1.29 is 4.79 Å². The molecule has 0 spiro atoms. The second kappa shape index (κ2) is 2.55. The highest BCUT2D eigenvalue weighted by atomic mass is 16.1. The van der Waals surface area contributed by atoms with Crippen molar-refractivity contribution in [2.45, 2.75) is 26.2 Å². The summed E-state index contributed by atoms with van der Waals surface area (Å²) in [6.07, 6.45) is 3.64. The van der Waals surface area contributed by atoms with Gasteiger partial charge in [0.25, 0.3) is 0 Å². The summed E-state index contributed by atoms with van der Waals surface area (Å²) in [5.41, 5.74) is 0.389. The summed E-state index contributed by atoms with van der Waals surface area (Å²) in [5.74, 6) is 1.05. The molecule has 0 saturated heterocycles. The average Bonchev–Trinajstić information content (AvgIpc) is 2.13. The first-order chi connectivity index (χ1) is 4.22. The minimum absolute atomic E-state index is 0.389. The lowest BCUT2D eigenvalue weighted by Crippen LogP contribution is -2.16. The summed E-state index contributed by atoms with van der Waals surface area (Å²) in [6.45, 7) is 2.18. The Labute approximate surface area is 57.2 Å². The van der Waals surface area contributed by atoms with Gasteiger partial charge in [-0.05, 0) is 12.3 Å². The molecule has 0 aliphatic heterocycles. The second-order valence-corrected chi connectivity index (χ2v) is 3.13. The molecule has 1 fully saturated rings. The van der Waals surface area contributed by atoms with Crippen molar-refractivity contribution in [3.8, 4) is 0 Å². The molecule has 0 radical (unpaired) electrons. The van der Waals surface area contributed by atoms with Gasteiger partial charge in [-0.2, -0.15) is 0 Å². The van der Waals surface area contributed by atoms with Crippen LogP contribution in [-0.4, -0.2) is 13.5 Å². The molecule has 0 bridgehead atoms. The lowest BCUT2D eigenvalue weighted by atomic mass is 9.83. The number of carbonyl (C=O) groups is 1. The fourth-order valence-corrected chi connectivity index (χ4v) is 1.75. The summed E-state index contributed by atoms with van der Waals surface area (Å²) in [7, 11) is 1.71. The van der Waals surface area contributed by atoms with Gasteiger partial charge in [-0.25, -0.2) is 0 Å². The van der Waals surface area contributed by atoms with Gasteiger partial charge in [0.05, 0.1) is 5.68 Å². The molecule has 1 aliphatic carbocycles. The lowest BCUT2D eigenvalue weighted by Gasteiger charge is -2.09. The van der Waals surface area contributed by atoms with E-state index in [0.29, 0.717) is 17.5 Å². The smallest absolute Gasteiger partial charge is 0.187 e. The summed E-state index contributed by atoms with van der Waals surface area (Å²) in [5, 5.41) is 0. The molecule has 1 aliphatic rings. The van der Waals surface area contributed by atoms with Crippen molar-refractivity contribution in [2.24, 2.45) is 11.8 Å². The maximum absolute atomic E-state index is 10.9. The topological polar surface area (TPSA) is 17.1 Å². The average molecular weight is 124 g/mol. The fraction of sp³-hybridized carbons (Fsp3) is 0.857. The van der Waals surface area contributed by atoms with E-state index in [1.54, 1.807) is 7.85 Å². The molecule has 0 N–H and O–H groups in total. The number of hydrogen-bond acceptors (Lipinski definition) is 1. The summed E-state index contributed by atoms with van der Waals surface area (Å²) in [4.78, 5) is 10.9. The van der Waals surface area contributed by atoms with Crippen molar-refractivity contribution in [1.82, 2.24) is 0 Å². The first kappa shape index (κ1) is 6.85. The van der Waals surface area contributed by atoms with E-state index in [1.165, 1.54) is 12.8 Å². The minimum atomic E-state index is 0.389. The molecule has 2 unspecified atom stereocenters. The molecule has 1 rings (SSSR count). The van der Waals surface area contributed by atoms with E-state index in [2.05, 4.69) is 6.92 Å². The molecule has 0 heterocycles. The Morgan fingerprint density at radius 1 is 1.56 bits per heavy atom. The Morgan fingerprint density at radius 2 is 2.22 bits per heavy atom. The Balaban J connectivity index is 2.49. The van der Waals surface area contributed by atoms with E-state index in [4.69, 9.17) is 0 Å². The summed E-state index contributed by atoms with van der Waals surface area (Å²) < 4.78 is 0. The molecule has 2 atom stereocenters. The minimum Gasteiger partial charge on any atom is -0.312 e. The van der Waals surface area contributed by atoms with Crippen LogP contribution in [0.5, 0.6) is 0 Å². The first-order valence-electron chi connectivity index (χ1n) is 3.72. The van der Waals surface area contributed by atoms with Crippen LogP contribution in [-0.2, 0) is 4.79 Å². The predicted molar refractivity (Wildman–Crippen MR) is 40.1 cm³/mol. The fourth-order valence-electron chi connectivity index (χ4n) is 1.75. The molecule has 9 heavy (non-hydrogen) atoms. The van der Waals surface area contributed by atoms with Crippen molar-refractivity contribution in [2.75, 3.05) is 0 Å². The standard InChI is InChI=1S/C7H13BO/c1-5-3-2-4-6(5)7(8)9/h5-6H,2-4,8H2,1H3. The molecule has 2 heteroatoms. The van der Waals surface area contributed by atoms with Crippen molar-refractivity contribution >= 4 is 13.5 Å². The quantitative estimate of drug-likeness (QED) is 0.467. The van der Waals surface area contributed by atoms with E-state index >= 15 is 0 Å². The number of hydrogen-bond donors (Lipinski definition) is 0. The monoisotopic (exact) mass is 124 g/mol. The Morgan fingerprint density at radius 3 is 2.44 bits per heavy atom. The van der Waals surface area contributed by atoms with Crippen molar-refractivity contribution in [3.05, 3.63) is 0 Å². The predicted octanol–water partition coefficient (Wildman–Crippen LogP) is 0.582. The largest absolute Gasteiger partial charge is 0.312 e. The van der Waals surface area contributed by atoms with Gasteiger partial charge in [-0.15, -0.1) is 0 Å². The van der Waals surface area contributed by atoms with Crippen LogP contribution in [0.25, 0.3) is 0 Å². The second-order valence-electron chi connectivity index (χ2n) is 3.13. The van der Waals surface area contributed by atoms with Crippen LogP contribution in [0.1, 0.15) is 26.2 Å². The highest BCUT2D eigenvalue weighted by molar-refractivity contribution is 6.58. The van der Waals surface area contributed by atoms with Crippen molar-refractivity contribution in [3.63, 3.8) is 0 Å². The Kier molecular flexibility index (Phi) is 1.94. The van der Waals surface area contributed by atoms with Gasteiger partial charge in [0.2, 0.25) is 0 Å². The molecule has 1 saturated carbocycles. The SMILES string of the molecule is BC(=O)C1CCCC1C. The molecule has 1 nitrogen and oxygen atoms in total. The van der Waals surface area contributed by atoms with Crippen LogP contribution in [0.15, 0.2) is 0 Å².